The van der Waals surface area contributed by atoms with Gasteiger partial charge in [0.2, 0.25) is 5.91 Å². The van der Waals surface area contributed by atoms with Crippen LogP contribution in [0.5, 0.6) is 5.75 Å². The van der Waals surface area contributed by atoms with Crippen LogP contribution in [0.25, 0.3) is 0 Å². The van der Waals surface area contributed by atoms with E-state index in [1.807, 2.05) is 18.2 Å². The number of carbonyl (C=O) groups excluding carboxylic acids is 1. The molecule has 0 bridgehead atoms. The number of carbonyl (C=O) groups is 1. The van der Waals surface area contributed by atoms with Crippen molar-refractivity contribution < 1.29 is 9.53 Å². The molecule has 0 radical (unpaired) electrons. The summed E-state index contributed by atoms with van der Waals surface area (Å²) in [7, 11) is 0. The molecule has 1 amide bonds. The zero-order valence-corrected chi connectivity index (χ0v) is 12.3. The topological polar surface area (TPSA) is 41.6 Å². The van der Waals surface area contributed by atoms with Gasteiger partial charge in [-0.2, -0.15) is 0 Å². The molecule has 1 heterocycles. The van der Waals surface area contributed by atoms with Crippen LogP contribution in [0.3, 0.4) is 0 Å². The maximum atomic E-state index is 12.2. The molecule has 4 nitrogen and oxygen atoms in total. The van der Waals surface area contributed by atoms with Crippen molar-refractivity contribution in [3.8, 4) is 5.75 Å². The van der Waals surface area contributed by atoms with Gasteiger partial charge in [-0.15, -0.1) is 0 Å². The van der Waals surface area contributed by atoms with E-state index in [1.165, 1.54) is 0 Å². The number of fused-ring (bicyclic) bond motifs is 1. The second kappa shape index (κ2) is 6.76. The van der Waals surface area contributed by atoms with Crippen molar-refractivity contribution in [2.24, 2.45) is 0 Å². The largest absolute Gasteiger partial charge is 0.492 e. The van der Waals surface area contributed by atoms with E-state index in [1.54, 1.807) is 0 Å². The lowest BCUT2D eigenvalue weighted by atomic mass is 10.0. The summed E-state index contributed by atoms with van der Waals surface area (Å²) in [5.41, 5.74) is 1.15. The molecule has 3 rings (SSSR count). The average Bonchev–Trinajstić information content (AvgIpc) is 2.69. The normalized spacial score (nSPS) is 22.0. The molecule has 1 aromatic rings. The molecule has 2 aliphatic rings. The van der Waals surface area contributed by atoms with Crippen molar-refractivity contribution in [3.63, 3.8) is 0 Å². The van der Waals surface area contributed by atoms with E-state index < -0.39 is 0 Å². The van der Waals surface area contributed by atoms with Gasteiger partial charge in [0.15, 0.2) is 0 Å². The molecule has 0 aromatic heterocycles. The van der Waals surface area contributed by atoms with E-state index >= 15 is 0 Å². The number of hydrogen-bond donors (Lipinski definition) is 1. The monoisotopic (exact) mass is 286 g/mol. The molecule has 1 aromatic carbocycles. The predicted octanol–water partition coefficient (Wildman–Crippen LogP) is 2.11. The van der Waals surface area contributed by atoms with E-state index in [9.17, 15) is 4.79 Å². The Morgan fingerprint density at radius 2 is 2.29 bits per heavy atom. The number of allylic oxidation sites excluding steroid dienone is 1. The second-order valence-corrected chi connectivity index (χ2v) is 5.70. The number of benzene rings is 1. The first-order valence-corrected chi connectivity index (χ1v) is 7.70. The summed E-state index contributed by atoms with van der Waals surface area (Å²) in [5.74, 6) is 1.04. The Bertz CT molecular complexity index is 527. The first kappa shape index (κ1) is 14.1. The van der Waals surface area contributed by atoms with Crippen LogP contribution >= 0.6 is 0 Å². The van der Waals surface area contributed by atoms with Gasteiger partial charge in [-0.3, -0.25) is 9.69 Å². The molecule has 0 fully saturated rings. The second-order valence-electron chi connectivity index (χ2n) is 5.70. The quantitative estimate of drug-likeness (QED) is 0.865. The predicted molar refractivity (Wildman–Crippen MR) is 82.1 cm³/mol. The lowest BCUT2D eigenvalue weighted by molar-refractivity contribution is -0.122. The van der Waals surface area contributed by atoms with Crippen molar-refractivity contribution in [2.75, 3.05) is 19.7 Å². The van der Waals surface area contributed by atoms with Crippen molar-refractivity contribution >= 4 is 5.91 Å². The summed E-state index contributed by atoms with van der Waals surface area (Å²) in [6, 6.07) is 8.26. The van der Waals surface area contributed by atoms with Crippen LogP contribution in [-0.2, 0) is 11.3 Å². The zero-order valence-electron chi connectivity index (χ0n) is 12.3. The SMILES string of the molecule is O=C(CN1CCOc2ccccc2C1)NC1C=CCCC1. The van der Waals surface area contributed by atoms with Gasteiger partial charge in [-0.25, -0.2) is 0 Å². The lowest BCUT2D eigenvalue weighted by Gasteiger charge is -2.22. The van der Waals surface area contributed by atoms with E-state index in [-0.39, 0.29) is 11.9 Å². The molecule has 112 valence electrons. The Morgan fingerprint density at radius 3 is 3.14 bits per heavy atom. The maximum absolute atomic E-state index is 12.2. The van der Waals surface area contributed by atoms with Gasteiger partial charge in [0.1, 0.15) is 12.4 Å². The van der Waals surface area contributed by atoms with Gasteiger partial charge in [0.05, 0.1) is 6.54 Å². The standard InChI is InChI=1S/C17H22N2O2/c20-17(18-15-7-2-1-3-8-15)13-19-10-11-21-16-9-5-4-6-14(16)12-19/h2,4-7,9,15H,1,3,8,10-13H2,(H,18,20). The fraction of sp³-hybridized carbons (Fsp3) is 0.471. The maximum Gasteiger partial charge on any atom is 0.234 e. The minimum absolute atomic E-state index is 0.103. The number of nitrogens with one attached hydrogen (secondary N) is 1. The molecule has 1 N–H and O–H groups in total. The molecule has 1 aliphatic carbocycles. The number of para-hydroxylation sites is 1. The number of ether oxygens (including phenoxy) is 1. The van der Waals surface area contributed by atoms with Gasteiger partial charge in [-0.05, 0) is 25.3 Å². The molecular weight excluding hydrogens is 264 g/mol. The molecule has 1 unspecified atom stereocenters. The summed E-state index contributed by atoms with van der Waals surface area (Å²) < 4.78 is 5.73. The summed E-state index contributed by atoms with van der Waals surface area (Å²) in [6.45, 7) is 2.61. The van der Waals surface area contributed by atoms with E-state index in [0.717, 1.165) is 43.7 Å². The van der Waals surface area contributed by atoms with Crippen molar-refractivity contribution in [2.45, 2.75) is 31.8 Å². The summed E-state index contributed by atoms with van der Waals surface area (Å²) >= 11 is 0. The first-order chi connectivity index (χ1) is 10.3. The third-order valence-electron chi connectivity index (χ3n) is 4.00. The zero-order chi connectivity index (χ0) is 14.5. The molecular formula is C17H22N2O2. The highest BCUT2D eigenvalue weighted by atomic mass is 16.5. The minimum Gasteiger partial charge on any atom is -0.492 e. The number of hydrogen-bond acceptors (Lipinski definition) is 3. The van der Waals surface area contributed by atoms with Gasteiger partial charge in [-0.1, -0.05) is 30.4 Å². The Kier molecular flexibility index (Phi) is 4.55. The van der Waals surface area contributed by atoms with E-state index in [4.69, 9.17) is 4.74 Å². The number of nitrogens with zero attached hydrogens (tertiary/aromatic N) is 1. The van der Waals surface area contributed by atoms with Crippen molar-refractivity contribution in [1.82, 2.24) is 10.2 Å². The Morgan fingerprint density at radius 1 is 1.38 bits per heavy atom. The highest BCUT2D eigenvalue weighted by molar-refractivity contribution is 5.78. The summed E-state index contributed by atoms with van der Waals surface area (Å²) in [5, 5.41) is 3.10. The average molecular weight is 286 g/mol. The van der Waals surface area contributed by atoms with Crippen molar-refractivity contribution in [3.05, 3.63) is 42.0 Å². The Labute approximate surface area is 125 Å². The molecule has 1 aliphatic heterocycles. The lowest BCUT2D eigenvalue weighted by Crippen LogP contribution is -2.42. The highest BCUT2D eigenvalue weighted by Gasteiger charge is 2.18. The van der Waals surface area contributed by atoms with Crippen LogP contribution in [0, 0.1) is 0 Å². The smallest absolute Gasteiger partial charge is 0.234 e. The fourth-order valence-corrected chi connectivity index (χ4v) is 2.90. The van der Waals surface area contributed by atoms with Crippen LogP contribution in [0.15, 0.2) is 36.4 Å². The third-order valence-corrected chi connectivity index (χ3v) is 4.00. The third kappa shape index (κ3) is 3.85. The van der Waals surface area contributed by atoms with Crippen LogP contribution in [0.4, 0.5) is 0 Å². The number of amides is 1. The van der Waals surface area contributed by atoms with Gasteiger partial charge >= 0.3 is 0 Å². The van der Waals surface area contributed by atoms with E-state index in [0.29, 0.717) is 13.2 Å². The van der Waals surface area contributed by atoms with E-state index in [2.05, 4.69) is 28.4 Å². The fourth-order valence-electron chi connectivity index (χ4n) is 2.90. The van der Waals surface area contributed by atoms with Crippen LogP contribution in [-0.4, -0.2) is 36.5 Å². The van der Waals surface area contributed by atoms with Crippen LogP contribution in [0.1, 0.15) is 24.8 Å². The van der Waals surface area contributed by atoms with Crippen molar-refractivity contribution in [1.29, 1.82) is 0 Å². The molecule has 21 heavy (non-hydrogen) atoms. The molecule has 0 saturated carbocycles. The summed E-state index contributed by atoms with van der Waals surface area (Å²) in [6.07, 6.45) is 7.61. The van der Waals surface area contributed by atoms with Gasteiger partial charge < -0.3 is 10.1 Å². The minimum atomic E-state index is 0.103. The molecule has 1 atom stereocenters. The molecule has 4 heteroatoms. The number of rotatable bonds is 3. The van der Waals surface area contributed by atoms with Crippen LogP contribution in [0.2, 0.25) is 0 Å². The highest BCUT2D eigenvalue weighted by Crippen LogP contribution is 2.22. The Balaban J connectivity index is 1.56. The van der Waals surface area contributed by atoms with Crippen LogP contribution < -0.4 is 10.1 Å². The first-order valence-electron chi connectivity index (χ1n) is 7.70. The van der Waals surface area contributed by atoms with Gasteiger partial charge in [0.25, 0.3) is 0 Å². The molecule has 0 spiro atoms. The van der Waals surface area contributed by atoms with Gasteiger partial charge in [0, 0.05) is 24.7 Å². The Hall–Kier alpha value is -1.81. The molecule has 0 saturated heterocycles. The summed E-state index contributed by atoms with van der Waals surface area (Å²) in [4.78, 5) is 14.3.